The van der Waals surface area contributed by atoms with Gasteiger partial charge in [0.25, 0.3) is 0 Å². The standard InChI is InChI=1S/C16H19N/c1-12-5-8-15(9-6-12)17(4)16-10-7-13(2)14(3)11-16/h5-11H,1-4H3. The van der Waals surface area contributed by atoms with Crippen molar-refractivity contribution in [3.63, 3.8) is 0 Å². The molecule has 2 rings (SSSR count). The topological polar surface area (TPSA) is 3.24 Å². The predicted molar refractivity (Wildman–Crippen MR) is 75.2 cm³/mol. The van der Waals surface area contributed by atoms with Crippen LogP contribution in [-0.4, -0.2) is 7.05 Å². The third kappa shape index (κ3) is 2.50. The molecule has 0 heterocycles. The molecule has 1 heteroatoms. The van der Waals surface area contributed by atoms with Crippen molar-refractivity contribution < 1.29 is 0 Å². The number of nitrogens with zero attached hydrogens (tertiary/aromatic N) is 1. The van der Waals surface area contributed by atoms with Gasteiger partial charge in [0.2, 0.25) is 0 Å². The van der Waals surface area contributed by atoms with E-state index in [0.717, 1.165) is 0 Å². The van der Waals surface area contributed by atoms with Gasteiger partial charge in [-0.05, 0) is 56.2 Å². The zero-order valence-corrected chi connectivity index (χ0v) is 11.0. The molecular weight excluding hydrogens is 206 g/mol. The van der Waals surface area contributed by atoms with Crippen molar-refractivity contribution in [2.75, 3.05) is 11.9 Å². The maximum Gasteiger partial charge on any atom is 0.0410 e. The zero-order valence-electron chi connectivity index (χ0n) is 11.0. The third-order valence-corrected chi connectivity index (χ3v) is 3.30. The van der Waals surface area contributed by atoms with Crippen LogP contribution in [0.4, 0.5) is 11.4 Å². The van der Waals surface area contributed by atoms with Crippen LogP contribution in [0.2, 0.25) is 0 Å². The summed E-state index contributed by atoms with van der Waals surface area (Å²) >= 11 is 0. The van der Waals surface area contributed by atoms with E-state index in [9.17, 15) is 0 Å². The molecule has 0 saturated carbocycles. The van der Waals surface area contributed by atoms with Gasteiger partial charge in [-0.3, -0.25) is 0 Å². The lowest BCUT2D eigenvalue weighted by Crippen LogP contribution is -2.09. The molecule has 0 amide bonds. The molecule has 0 aliphatic heterocycles. The van der Waals surface area contributed by atoms with Gasteiger partial charge in [0.1, 0.15) is 0 Å². The van der Waals surface area contributed by atoms with E-state index in [1.807, 2.05) is 0 Å². The molecule has 0 aliphatic rings. The monoisotopic (exact) mass is 225 g/mol. The molecule has 0 spiro atoms. The van der Waals surface area contributed by atoms with Crippen LogP contribution >= 0.6 is 0 Å². The van der Waals surface area contributed by atoms with E-state index >= 15 is 0 Å². The first kappa shape index (κ1) is 11.7. The summed E-state index contributed by atoms with van der Waals surface area (Å²) < 4.78 is 0. The average Bonchev–Trinajstić information content (AvgIpc) is 2.33. The number of benzene rings is 2. The van der Waals surface area contributed by atoms with E-state index in [0.29, 0.717) is 0 Å². The van der Waals surface area contributed by atoms with Gasteiger partial charge in [0.15, 0.2) is 0 Å². The molecule has 2 aromatic carbocycles. The number of rotatable bonds is 2. The Morgan fingerprint density at radius 3 is 1.88 bits per heavy atom. The molecular formula is C16H19N. The second-order valence-electron chi connectivity index (χ2n) is 4.66. The maximum atomic E-state index is 2.23. The summed E-state index contributed by atoms with van der Waals surface area (Å²) in [4.78, 5) is 2.21. The van der Waals surface area contributed by atoms with Gasteiger partial charge in [-0.25, -0.2) is 0 Å². The highest BCUT2D eigenvalue weighted by Crippen LogP contribution is 2.25. The lowest BCUT2D eigenvalue weighted by atomic mass is 10.1. The highest BCUT2D eigenvalue weighted by atomic mass is 15.1. The predicted octanol–water partition coefficient (Wildman–Crippen LogP) is 4.38. The molecule has 17 heavy (non-hydrogen) atoms. The Morgan fingerprint density at radius 2 is 1.29 bits per heavy atom. The first-order valence-electron chi connectivity index (χ1n) is 5.95. The minimum absolute atomic E-state index is 1.22. The summed E-state index contributed by atoms with van der Waals surface area (Å²) in [5.74, 6) is 0. The van der Waals surface area contributed by atoms with Crippen LogP contribution in [0.15, 0.2) is 42.5 Å². The van der Waals surface area contributed by atoms with E-state index in [2.05, 4.69) is 75.2 Å². The van der Waals surface area contributed by atoms with E-state index in [1.165, 1.54) is 28.1 Å². The van der Waals surface area contributed by atoms with Crippen molar-refractivity contribution in [1.82, 2.24) is 0 Å². The average molecular weight is 225 g/mol. The minimum Gasteiger partial charge on any atom is -0.345 e. The SMILES string of the molecule is Cc1ccc(N(C)c2ccc(C)c(C)c2)cc1. The summed E-state index contributed by atoms with van der Waals surface area (Å²) in [7, 11) is 2.11. The summed E-state index contributed by atoms with van der Waals surface area (Å²) in [5.41, 5.74) is 6.42. The molecule has 1 nitrogen and oxygen atoms in total. The van der Waals surface area contributed by atoms with Crippen molar-refractivity contribution in [1.29, 1.82) is 0 Å². The number of aryl methyl sites for hydroxylation is 3. The van der Waals surface area contributed by atoms with E-state index < -0.39 is 0 Å². The van der Waals surface area contributed by atoms with Crippen LogP contribution in [0.3, 0.4) is 0 Å². The van der Waals surface area contributed by atoms with Gasteiger partial charge >= 0.3 is 0 Å². The van der Waals surface area contributed by atoms with E-state index in [1.54, 1.807) is 0 Å². The molecule has 0 bridgehead atoms. The van der Waals surface area contributed by atoms with Crippen molar-refractivity contribution in [3.05, 3.63) is 59.2 Å². The second kappa shape index (κ2) is 4.62. The lowest BCUT2D eigenvalue weighted by molar-refractivity contribution is 1.19. The summed E-state index contributed by atoms with van der Waals surface area (Å²) in [6, 6.07) is 15.2. The molecule has 0 radical (unpaired) electrons. The van der Waals surface area contributed by atoms with Crippen LogP contribution in [0.1, 0.15) is 16.7 Å². The van der Waals surface area contributed by atoms with Crippen molar-refractivity contribution in [3.8, 4) is 0 Å². The van der Waals surface area contributed by atoms with Crippen LogP contribution in [-0.2, 0) is 0 Å². The zero-order chi connectivity index (χ0) is 12.4. The van der Waals surface area contributed by atoms with Crippen LogP contribution in [0, 0.1) is 20.8 Å². The normalized spacial score (nSPS) is 10.4. The van der Waals surface area contributed by atoms with Gasteiger partial charge in [-0.1, -0.05) is 23.8 Å². The molecule has 0 unspecified atom stereocenters. The van der Waals surface area contributed by atoms with E-state index in [4.69, 9.17) is 0 Å². The molecule has 0 N–H and O–H groups in total. The van der Waals surface area contributed by atoms with Crippen molar-refractivity contribution >= 4 is 11.4 Å². The Kier molecular flexibility index (Phi) is 3.19. The summed E-state index contributed by atoms with van der Waals surface area (Å²) in [6.45, 7) is 6.41. The van der Waals surface area contributed by atoms with Gasteiger partial charge in [0.05, 0.1) is 0 Å². The molecule has 0 atom stereocenters. The fraction of sp³-hybridized carbons (Fsp3) is 0.250. The number of hydrogen-bond donors (Lipinski definition) is 0. The van der Waals surface area contributed by atoms with Gasteiger partial charge < -0.3 is 4.90 Å². The van der Waals surface area contributed by atoms with Crippen molar-refractivity contribution in [2.24, 2.45) is 0 Å². The van der Waals surface area contributed by atoms with E-state index in [-0.39, 0.29) is 0 Å². The Balaban J connectivity index is 2.33. The first-order chi connectivity index (χ1) is 8.08. The fourth-order valence-electron chi connectivity index (χ4n) is 1.85. The molecule has 0 fully saturated rings. The smallest absolute Gasteiger partial charge is 0.0410 e. The van der Waals surface area contributed by atoms with Gasteiger partial charge in [-0.15, -0.1) is 0 Å². The highest BCUT2D eigenvalue weighted by molar-refractivity contribution is 5.63. The highest BCUT2D eigenvalue weighted by Gasteiger charge is 2.04. The minimum atomic E-state index is 1.22. The molecule has 0 saturated heterocycles. The molecule has 0 aliphatic carbocycles. The molecule has 0 aromatic heterocycles. The van der Waals surface area contributed by atoms with Crippen LogP contribution < -0.4 is 4.90 Å². The van der Waals surface area contributed by atoms with Gasteiger partial charge in [0, 0.05) is 18.4 Å². The second-order valence-corrected chi connectivity index (χ2v) is 4.66. The Bertz CT molecular complexity index is 512. The van der Waals surface area contributed by atoms with Crippen molar-refractivity contribution in [2.45, 2.75) is 20.8 Å². The summed E-state index contributed by atoms with van der Waals surface area (Å²) in [6.07, 6.45) is 0. The van der Waals surface area contributed by atoms with Gasteiger partial charge in [-0.2, -0.15) is 0 Å². The number of anilines is 2. The Morgan fingerprint density at radius 1 is 0.706 bits per heavy atom. The maximum absolute atomic E-state index is 2.23. The Labute approximate surface area is 104 Å². The number of hydrogen-bond acceptors (Lipinski definition) is 1. The first-order valence-corrected chi connectivity index (χ1v) is 5.95. The lowest BCUT2D eigenvalue weighted by Gasteiger charge is -2.20. The quantitative estimate of drug-likeness (QED) is 0.733. The molecule has 2 aromatic rings. The molecule has 88 valence electrons. The van der Waals surface area contributed by atoms with Crippen LogP contribution in [0.25, 0.3) is 0 Å². The van der Waals surface area contributed by atoms with Crippen LogP contribution in [0.5, 0.6) is 0 Å². The summed E-state index contributed by atoms with van der Waals surface area (Å²) in [5, 5.41) is 0. The Hall–Kier alpha value is -1.76. The largest absolute Gasteiger partial charge is 0.345 e. The fourth-order valence-corrected chi connectivity index (χ4v) is 1.85. The third-order valence-electron chi connectivity index (χ3n) is 3.30.